The van der Waals surface area contributed by atoms with E-state index in [4.69, 9.17) is 4.74 Å². The molecule has 1 heterocycles. The highest BCUT2D eigenvalue weighted by Gasteiger charge is 2.16. The zero-order valence-corrected chi connectivity index (χ0v) is 14.6. The van der Waals surface area contributed by atoms with Crippen LogP contribution >= 0.6 is 0 Å². The molecule has 0 aromatic heterocycles. The van der Waals surface area contributed by atoms with E-state index in [1.54, 1.807) is 12.1 Å². The van der Waals surface area contributed by atoms with Gasteiger partial charge < -0.3 is 14.9 Å². The fourth-order valence-electron chi connectivity index (χ4n) is 2.99. The number of aliphatic hydroxyl groups excluding tert-OH is 1. The van der Waals surface area contributed by atoms with Crippen molar-refractivity contribution < 1.29 is 14.9 Å². The summed E-state index contributed by atoms with van der Waals surface area (Å²) in [4.78, 5) is 2.23. The van der Waals surface area contributed by atoms with E-state index >= 15 is 0 Å². The molecule has 1 unspecified atom stereocenters. The predicted molar refractivity (Wildman–Crippen MR) is 99.8 cm³/mol. The molecular weight excluding hydrogens is 314 g/mol. The Balaban J connectivity index is 1.46. The lowest BCUT2D eigenvalue weighted by Gasteiger charge is -2.28. The number of hydrogen-bond donors (Lipinski definition) is 2. The normalized spacial score (nSPS) is 16.3. The average Bonchev–Trinajstić information content (AvgIpc) is 2.63. The highest BCUT2D eigenvalue weighted by Crippen LogP contribution is 2.24. The second-order valence-electron chi connectivity index (χ2n) is 6.56. The molecule has 1 aliphatic heterocycles. The fourth-order valence-corrected chi connectivity index (χ4v) is 2.99. The van der Waals surface area contributed by atoms with E-state index in [1.807, 2.05) is 43.3 Å². The van der Waals surface area contributed by atoms with Crippen LogP contribution in [0.2, 0.25) is 0 Å². The molecular formula is C21H25NO3. The SMILES string of the molecule is Cc1ccc(OCC(O)CN2CC=C(c3ccc(O)cc3)CC2)cc1. The summed E-state index contributed by atoms with van der Waals surface area (Å²) in [7, 11) is 0. The molecule has 0 aliphatic carbocycles. The van der Waals surface area contributed by atoms with Gasteiger partial charge in [-0.05, 0) is 48.7 Å². The van der Waals surface area contributed by atoms with Crippen molar-refractivity contribution >= 4 is 5.57 Å². The quantitative estimate of drug-likeness (QED) is 0.848. The molecule has 0 saturated heterocycles. The molecule has 25 heavy (non-hydrogen) atoms. The number of phenols is 1. The highest BCUT2D eigenvalue weighted by atomic mass is 16.5. The van der Waals surface area contributed by atoms with Crippen molar-refractivity contribution in [2.24, 2.45) is 0 Å². The van der Waals surface area contributed by atoms with Crippen LogP contribution in [0.5, 0.6) is 11.5 Å². The van der Waals surface area contributed by atoms with Gasteiger partial charge in [-0.15, -0.1) is 0 Å². The largest absolute Gasteiger partial charge is 0.508 e. The number of aryl methyl sites for hydroxylation is 1. The molecule has 2 aromatic carbocycles. The van der Waals surface area contributed by atoms with Crippen LogP contribution in [-0.2, 0) is 0 Å². The van der Waals surface area contributed by atoms with Crippen LogP contribution in [0.4, 0.5) is 0 Å². The van der Waals surface area contributed by atoms with Crippen LogP contribution in [0.3, 0.4) is 0 Å². The Labute approximate surface area is 149 Å². The van der Waals surface area contributed by atoms with Gasteiger partial charge >= 0.3 is 0 Å². The van der Waals surface area contributed by atoms with Crippen LogP contribution in [0, 0.1) is 6.92 Å². The fraction of sp³-hybridized carbons (Fsp3) is 0.333. The van der Waals surface area contributed by atoms with E-state index in [0.717, 1.165) is 30.8 Å². The first kappa shape index (κ1) is 17.5. The van der Waals surface area contributed by atoms with E-state index in [-0.39, 0.29) is 0 Å². The number of aliphatic hydroxyl groups is 1. The summed E-state index contributed by atoms with van der Waals surface area (Å²) >= 11 is 0. The molecule has 132 valence electrons. The van der Waals surface area contributed by atoms with E-state index in [9.17, 15) is 10.2 Å². The Hall–Kier alpha value is -2.30. The molecule has 0 fully saturated rings. The summed E-state index contributed by atoms with van der Waals surface area (Å²) in [6.07, 6.45) is 2.63. The molecule has 1 aliphatic rings. The molecule has 3 rings (SSSR count). The van der Waals surface area contributed by atoms with Crippen LogP contribution in [0.25, 0.3) is 5.57 Å². The number of hydrogen-bond acceptors (Lipinski definition) is 4. The second kappa shape index (κ2) is 8.19. The second-order valence-corrected chi connectivity index (χ2v) is 6.56. The first-order valence-corrected chi connectivity index (χ1v) is 8.68. The molecule has 4 nitrogen and oxygen atoms in total. The van der Waals surface area contributed by atoms with Crippen molar-refractivity contribution in [3.63, 3.8) is 0 Å². The number of phenolic OH excluding ortho intramolecular Hbond substituents is 1. The maximum Gasteiger partial charge on any atom is 0.119 e. The van der Waals surface area contributed by atoms with E-state index in [0.29, 0.717) is 18.9 Å². The number of β-amino-alcohol motifs (C(OH)–C–C–N with tert-alkyl or cyclic N) is 1. The molecule has 2 aromatic rings. The molecule has 2 N–H and O–H groups in total. The first-order chi connectivity index (χ1) is 12.1. The van der Waals surface area contributed by atoms with Crippen LogP contribution in [0.15, 0.2) is 54.6 Å². The van der Waals surface area contributed by atoms with Crippen molar-refractivity contribution in [1.82, 2.24) is 4.90 Å². The van der Waals surface area contributed by atoms with Crippen LogP contribution in [0.1, 0.15) is 17.5 Å². The lowest BCUT2D eigenvalue weighted by Crippen LogP contribution is -2.38. The maximum atomic E-state index is 10.2. The lowest BCUT2D eigenvalue weighted by molar-refractivity contribution is 0.0717. The standard InChI is InChI=1S/C21H25NO3/c1-16-2-8-21(9-3-16)25-15-20(24)14-22-12-10-18(11-13-22)17-4-6-19(23)7-5-17/h2-10,20,23-24H,11-15H2,1H3. The Kier molecular flexibility index (Phi) is 5.74. The minimum absolute atomic E-state index is 0.290. The summed E-state index contributed by atoms with van der Waals surface area (Å²) in [6.45, 7) is 4.67. The number of benzene rings is 2. The number of nitrogens with zero attached hydrogens (tertiary/aromatic N) is 1. The Morgan fingerprint density at radius 1 is 1.08 bits per heavy atom. The predicted octanol–water partition coefficient (Wildman–Crippen LogP) is 3.23. The topological polar surface area (TPSA) is 52.9 Å². The van der Waals surface area contributed by atoms with Gasteiger partial charge in [-0.3, -0.25) is 4.90 Å². The van der Waals surface area contributed by atoms with Crippen molar-refractivity contribution in [1.29, 1.82) is 0 Å². The summed E-state index contributed by atoms with van der Waals surface area (Å²) in [5, 5.41) is 19.6. The molecule has 1 atom stereocenters. The third kappa shape index (κ3) is 5.08. The van der Waals surface area contributed by atoms with Gasteiger partial charge in [0.1, 0.15) is 24.2 Å². The third-order valence-corrected chi connectivity index (χ3v) is 4.46. The third-order valence-electron chi connectivity index (χ3n) is 4.46. The maximum absolute atomic E-state index is 10.2. The smallest absolute Gasteiger partial charge is 0.119 e. The Morgan fingerprint density at radius 2 is 1.80 bits per heavy atom. The van der Waals surface area contributed by atoms with Gasteiger partial charge in [0.2, 0.25) is 0 Å². The molecule has 0 spiro atoms. The summed E-state index contributed by atoms with van der Waals surface area (Å²) in [6, 6.07) is 15.2. The highest BCUT2D eigenvalue weighted by molar-refractivity contribution is 5.67. The van der Waals surface area contributed by atoms with Gasteiger partial charge in [0.25, 0.3) is 0 Å². The molecule has 0 saturated carbocycles. The van der Waals surface area contributed by atoms with Gasteiger partial charge in [-0.25, -0.2) is 0 Å². The van der Waals surface area contributed by atoms with Crippen molar-refractivity contribution in [2.45, 2.75) is 19.4 Å². The molecule has 0 amide bonds. The summed E-state index contributed by atoms with van der Waals surface area (Å²) in [5.41, 5.74) is 3.64. The van der Waals surface area contributed by atoms with E-state index < -0.39 is 6.10 Å². The minimum atomic E-state index is -0.509. The van der Waals surface area contributed by atoms with E-state index in [2.05, 4.69) is 11.0 Å². The number of rotatable bonds is 6. The van der Waals surface area contributed by atoms with Crippen molar-refractivity contribution in [3.05, 3.63) is 65.7 Å². The summed E-state index contributed by atoms with van der Waals surface area (Å²) in [5.74, 6) is 1.08. The van der Waals surface area contributed by atoms with Crippen LogP contribution < -0.4 is 4.74 Å². The summed E-state index contributed by atoms with van der Waals surface area (Å²) < 4.78 is 5.65. The average molecular weight is 339 g/mol. The van der Waals surface area contributed by atoms with Crippen LogP contribution in [-0.4, -0.2) is 47.5 Å². The van der Waals surface area contributed by atoms with Gasteiger partial charge in [-0.2, -0.15) is 0 Å². The molecule has 4 heteroatoms. The van der Waals surface area contributed by atoms with Gasteiger partial charge in [0, 0.05) is 19.6 Å². The lowest BCUT2D eigenvalue weighted by atomic mass is 9.99. The monoisotopic (exact) mass is 339 g/mol. The van der Waals surface area contributed by atoms with Crippen molar-refractivity contribution in [2.75, 3.05) is 26.2 Å². The molecule has 0 bridgehead atoms. The number of ether oxygens (including phenoxy) is 1. The Morgan fingerprint density at radius 3 is 2.44 bits per heavy atom. The van der Waals surface area contributed by atoms with Crippen molar-refractivity contribution in [3.8, 4) is 11.5 Å². The van der Waals surface area contributed by atoms with Gasteiger partial charge in [-0.1, -0.05) is 35.9 Å². The first-order valence-electron chi connectivity index (χ1n) is 8.68. The van der Waals surface area contributed by atoms with Gasteiger partial charge in [0.05, 0.1) is 0 Å². The zero-order chi connectivity index (χ0) is 17.6. The minimum Gasteiger partial charge on any atom is -0.508 e. The number of aromatic hydroxyl groups is 1. The van der Waals surface area contributed by atoms with E-state index in [1.165, 1.54) is 11.1 Å². The zero-order valence-electron chi connectivity index (χ0n) is 14.6. The molecule has 0 radical (unpaired) electrons. The van der Waals surface area contributed by atoms with Gasteiger partial charge in [0.15, 0.2) is 0 Å². The Bertz CT molecular complexity index is 707.